The Morgan fingerprint density at radius 2 is 1.85 bits per heavy atom. The second kappa shape index (κ2) is 10.7. The molecular formula is C13H27ClN2O4. The maximum atomic E-state index is 11.3. The Morgan fingerprint density at radius 1 is 1.25 bits per heavy atom. The molecule has 0 radical (unpaired) electrons. The standard InChI is InChI=1S/C13H26N2O4.ClH/c1-5-18-11(16)10(14)8-6-7-9-15-12(17)19-13(2,3)4;/h10H,5-9,14H2,1-4H3,(H,15,17);1H/t10-;/m1./s1. The molecule has 0 fully saturated rings. The predicted octanol–water partition coefficient (Wildman–Crippen LogP) is 1.99. The van der Waals surface area contributed by atoms with Gasteiger partial charge in [0, 0.05) is 6.54 Å². The van der Waals surface area contributed by atoms with Gasteiger partial charge in [-0.3, -0.25) is 4.79 Å². The Morgan fingerprint density at radius 3 is 2.35 bits per heavy atom. The number of carbonyl (C=O) groups excluding carboxylic acids is 2. The van der Waals surface area contributed by atoms with Crippen LogP contribution in [-0.4, -0.2) is 36.9 Å². The summed E-state index contributed by atoms with van der Waals surface area (Å²) in [4.78, 5) is 22.6. The van der Waals surface area contributed by atoms with Crippen molar-refractivity contribution in [1.82, 2.24) is 5.32 Å². The van der Waals surface area contributed by atoms with Crippen molar-refractivity contribution in [1.29, 1.82) is 0 Å². The van der Waals surface area contributed by atoms with Crippen LogP contribution < -0.4 is 11.1 Å². The van der Waals surface area contributed by atoms with Crippen molar-refractivity contribution in [3.05, 3.63) is 0 Å². The van der Waals surface area contributed by atoms with Gasteiger partial charge < -0.3 is 20.5 Å². The van der Waals surface area contributed by atoms with Crippen molar-refractivity contribution in [2.24, 2.45) is 5.73 Å². The highest BCUT2D eigenvalue weighted by Crippen LogP contribution is 2.06. The van der Waals surface area contributed by atoms with E-state index in [-0.39, 0.29) is 18.4 Å². The van der Waals surface area contributed by atoms with Gasteiger partial charge in [-0.1, -0.05) is 0 Å². The lowest BCUT2D eigenvalue weighted by Gasteiger charge is -2.19. The largest absolute Gasteiger partial charge is 0.465 e. The number of alkyl carbamates (subject to hydrolysis) is 1. The maximum absolute atomic E-state index is 11.3. The van der Waals surface area contributed by atoms with E-state index in [0.29, 0.717) is 19.6 Å². The van der Waals surface area contributed by atoms with Crippen LogP contribution in [0.5, 0.6) is 0 Å². The van der Waals surface area contributed by atoms with Gasteiger partial charge in [-0.15, -0.1) is 12.4 Å². The molecule has 0 bridgehead atoms. The molecule has 3 N–H and O–H groups in total. The molecule has 7 heteroatoms. The summed E-state index contributed by atoms with van der Waals surface area (Å²) in [5.74, 6) is -0.373. The van der Waals surface area contributed by atoms with Gasteiger partial charge in [-0.05, 0) is 47.0 Å². The fourth-order valence-electron chi connectivity index (χ4n) is 1.36. The minimum atomic E-state index is -0.582. The van der Waals surface area contributed by atoms with Crippen LogP contribution in [0.25, 0.3) is 0 Å². The first-order chi connectivity index (χ1) is 8.76. The third-order valence-electron chi connectivity index (χ3n) is 2.20. The SMILES string of the molecule is CCOC(=O)[C@H](N)CCCCNC(=O)OC(C)(C)C.Cl. The number of amides is 1. The molecule has 1 amide bonds. The van der Waals surface area contributed by atoms with Crippen LogP contribution in [0.4, 0.5) is 4.79 Å². The number of nitrogens with two attached hydrogens (primary N) is 1. The van der Waals surface area contributed by atoms with E-state index in [2.05, 4.69) is 5.32 Å². The van der Waals surface area contributed by atoms with Crippen LogP contribution in [-0.2, 0) is 14.3 Å². The minimum absolute atomic E-state index is 0. The number of rotatable bonds is 7. The summed E-state index contributed by atoms with van der Waals surface area (Å²) in [6.07, 6.45) is 1.61. The van der Waals surface area contributed by atoms with Gasteiger partial charge in [0.15, 0.2) is 0 Å². The fraction of sp³-hybridized carbons (Fsp3) is 0.846. The van der Waals surface area contributed by atoms with Crippen molar-refractivity contribution in [3.8, 4) is 0 Å². The second-order valence-electron chi connectivity index (χ2n) is 5.28. The van der Waals surface area contributed by atoms with Gasteiger partial charge in [-0.25, -0.2) is 4.79 Å². The summed E-state index contributed by atoms with van der Waals surface area (Å²) < 4.78 is 9.89. The highest BCUT2D eigenvalue weighted by molar-refractivity contribution is 5.85. The zero-order valence-electron chi connectivity index (χ0n) is 12.7. The van der Waals surface area contributed by atoms with Gasteiger partial charge in [0.2, 0.25) is 0 Å². The van der Waals surface area contributed by atoms with E-state index in [1.54, 1.807) is 6.92 Å². The van der Waals surface area contributed by atoms with E-state index in [4.69, 9.17) is 15.2 Å². The molecule has 0 spiro atoms. The van der Waals surface area contributed by atoms with Crippen molar-refractivity contribution in [2.75, 3.05) is 13.2 Å². The number of hydrogen-bond acceptors (Lipinski definition) is 5. The average molecular weight is 311 g/mol. The Balaban J connectivity index is 0. The number of unbranched alkanes of at least 4 members (excludes halogenated alkanes) is 1. The number of carbonyl (C=O) groups is 2. The van der Waals surface area contributed by atoms with Crippen molar-refractivity contribution >= 4 is 24.5 Å². The molecule has 0 unspecified atom stereocenters. The van der Waals surface area contributed by atoms with Crippen molar-refractivity contribution < 1.29 is 19.1 Å². The quantitative estimate of drug-likeness (QED) is 0.554. The number of hydrogen-bond donors (Lipinski definition) is 2. The Bertz CT molecular complexity index is 293. The summed E-state index contributed by atoms with van der Waals surface area (Å²) in [6.45, 7) is 8.02. The van der Waals surface area contributed by atoms with Gasteiger partial charge in [0.25, 0.3) is 0 Å². The van der Waals surface area contributed by atoms with Crippen LogP contribution in [0.2, 0.25) is 0 Å². The summed E-state index contributed by atoms with van der Waals surface area (Å²) in [5, 5.41) is 2.65. The molecule has 0 heterocycles. The lowest BCUT2D eigenvalue weighted by Crippen LogP contribution is -2.34. The molecule has 20 heavy (non-hydrogen) atoms. The molecular weight excluding hydrogens is 284 g/mol. The average Bonchev–Trinajstić information content (AvgIpc) is 2.26. The normalized spacial score (nSPS) is 12.1. The number of nitrogens with one attached hydrogen (secondary N) is 1. The third-order valence-corrected chi connectivity index (χ3v) is 2.20. The van der Waals surface area contributed by atoms with Gasteiger partial charge in [0.1, 0.15) is 11.6 Å². The van der Waals surface area contributed by atoms with Gasteiger partial charge in [-0.2, -0.15) is 0 Å². The number of halogens is 1. The van der Waals surface area contributed by atoms with E-state index >= 15 is 0 Å². The van der Waals surface area contributed by atoms with E-state index in [1.807, 2.05) is 20.8 Å². The molecule has 0 aliphatic rings. The lowest BCUT2D eigenvalue weighted by atomic mass is 10.1. The highest BCUT2D eigenvalue weighted by atomic mass is 35.5. The van der Waals surface area contributed by atoms with E-state index < -0.39 is 17.7 Å². The maximum Gasteiger partial charge on any atom is 0.407 e. The molecule has 0 aromatic heterocycles. The zero-order valence-corrected chi connectivity index (χ0v) is 13.5. The van der Waals surface area contributed by atoms with Crippen LogP contribution in [0.1, 0.15) is 47.0 Å². The molecule has 120 valence electrons. The fourth-order valence-corrected chi connectivity index (χ4v) is 1.36. The summed E-state index contributed by atoms with van der Waals surface area (Å²) in [5.41, 5.74) is 5.15. The Labute approximate surface area is 127 Å². The van der Waals surface area contributed by atoms with E-state index in [1.165, 1.54) is 0 Å². The molecule has 0 aromatic rings. The Kier molecular flexibility index (Phi) is 11.4. The highest BCUT2D eigenvalue weighted by Gasteiger charge is 2.16. The first-order valence-electron chi connectivity index (χ1n) is 6.65. The Hall–Kier alpha value is -1.01. The molecule has 0 aliphatic carbocycles. The third kappa shape index (κ3) is 12.0. The summed E-state index contributed by atoms with van der Waals surface area (Å²) in [7, 11) is 0. The zero-order chi connectivity index (χ0) is 14.9. The molecule has 6 nitrogen and oxygen atoms in total. The summed E-state index contributed by atoms with van der Waals surface area (Å²) >= 11 is 0. The first-order valence-corrected chi connectivity index (χ1v) is 6.65. The molecule has 1 atom stereocenters. The molecule has 0 aliphatic heterocycles. The van der Waals surface area contributed by atoms with Crippen LogP contribution in [0.3, 0.4) is 0 Å². The minimum Gasteiger partial charge on any atom is -0.465 e. The van der Waals surface area contributed by atoms with Crippen LogP contribution >= 0.6 is 12.4 Å². The summed E-state index contributed by atoms with van der Waals surface area (Å²) in [6, 6.07) is -0.582. The van der Waals surface area contributed by atoms with Gasteiger partial charge in [0.05, 0.1) is 6.61 Å². The molecule has 0 aromatic carbocycles. The van der Waals surface area contributed by atoms with Crippen molar-refractivity contribution in [3.63, 3.8) is 0 Å². The van der Waals surface area contributed by atoms with Crippen molar-refractivity contribution in [2.45, 2.75) is 58.6 Å². The van der Waals surface area contributed by atoms with Crippen LogP contribution in [0, 0.1) is 0 Å². The molecule has 0 saturated carbocycles. The number of esters is 1. The lowest BCUT2D eigenvalue weighted by molar-refractivity contribution is -0.144. The number of ether oxygens (including phenoxy) is 2. The van der Waals surface area contributed by atoms with Gasteiger partial charge >= 0.3 is 12.1 Å². The second-order valence-corrected chi connectivity index (χ2v) is 5.28. The van der Waals surface area contributed by atoms with E-state index in [0.717, 1.165) is 12.8 Å². The topological polar surface area (TPSA) is 90.6 Å². The first kappa shape index (κ1) is 21.3. The molecule has 0 rings (SSSR count). The predicted molar refractivity (Wildman–Crippen MR) is 79.9 cm³/mol. The molecule has 0 saturated heterocycles. The monoisotopic (exact) mass is 310 g/mol. The van der Waals surface area contributed by atoms with Crippen LogP contribution in [0.15, 0.2) is 0 Å². The van der Waals surface area contributed by atoms with E-state index in [9.17, 15) is 9.59 Å². The smallest absolute Gasteiger partial charge is 0.407 e.